The van der Waals surface area contributed by atoms with E-state index >= 15 is 0 Å². The lowest BCUT2D eigenvalue weighted by Gasteiger charge is -2.19. The SMILES string of the molecule is Cc1cc(C)cc(N=C2CCN(c3cccc(C(F)(F)F)c3)N2)c1. The van der Waals surface area contributed by atoms with E-state index in [0.717, 1.165) is 34.8 Å². The maximum absolute atomic E-state index is 12.8. The summed E-state index contributed by atoms with van der Waals surface area (Å²) in [5.74, 6) is 0.748. The molecule has 1 saturated heterocycles. The number of anilines is 1. The number of aliphatic imine (C=N–C) groups is 1. The van der Waals surface area contributed by atoms with E-state index in [-0.39, 0.29) is 0 Å². The van der Waals surface area contributed by atoms with Gasteiger partial charge in [-0.1, -0.05) is 12.1 Å². The van der Waals surface area contributed by atoms with Crippen molar-refractivity contribution < 1.29 is 13.2 Å². The van der Waals surface area contributed by atoms with Crippen LogP contribution in [0.4, 0.5) is 24.5 Å². The average Bonchev–Trinajstić information content (AvgIpc) is 2.94. The van der Waals surface area contributed by atoms with Crippen LogP contribution in [0, 0.1) is 13.8 Å². The zero-order valence-corrected chi connectivity index (χ0v) is 13.5. The van der Waals surface area contributed by atoms with Crippen molar-refractivity contribution in [2.45, 2.75) is 26.4 Å². The van der Waals surface area contributed by atoms with Crippen LogP contribution in [0.5, 0.6) is 0 Å². The van der Waals surface area contributed by atoms with Crippen LogP contribution in [0.15, 0.2) is 47.5 Å². The Morgan fingerprint density at radius 2 is 1.75 bits per heavy atom. The highest BCUT2D eigenvalue weighted by molar-refractivity contribution is 5.89. The van der Waals surface area contributed by atoms with Crippen molar-refractivity contribution in [2.75, 3.05) is 11.6 Å². The first kappa shape index (κ1) is 16.4. The summed E-state index contributed by atoms with van der Waals surface area (Å²) in [5.41, 5.74) is 6.02. The molecule has 0 radical (unpaired) electrons. The van der Waals surface area contributed by atoms with Crippen molar-refractivity contribution >= 4 is 17.2 Å². The number of benzene rings is 2. The molecule has 1 heterocycles. The lowest BCUT2D eigenvalue weighted by atomic mass is 10.1. The third-order valence-electron chi connectivity index (χ3n) is 3.79. The number of hydrogen-bond acceptors (Lipinski definition) is 2. The molecule has 1 N–H and O–H groups in total. The molecule has 2 aromatic carbocycles. The van der Waals surface area contributed by atoms with Gasteiger partial charge in [0.1, 0.15) is 5.84 Å². The van der Waals surface area contributed by atoms with Crippen molar-refractivity contribution in [3.05, 3.63) is 59.2 Å². The summed E-state index contributed by atoms with van der Waals surface area (Å²) in [6.45, 7) is 4.59. The van der Waals surface area contributed by atoms with Gasteiger partial charge < -0.3 is 0 Å². The molecule has 0 amide bonds. The summed E-state index contributed by atoms with van der Waals surface area (Å²) in [5, 5.41) is 1.69. The normalized spacial score (nSPS) is 16.5. The number of nitrogens with zero attached hydrogens (tertiary/aromatic N) is 2. The van der Waals surface area contributed by atoms with E-state index in [9.17, 15) is 13.2 Å². The molecule has 0 atom stereocenters. The molecule has 126 valence electrons. The average molecular weight is 333 g/mol. The van der Waals surface area contributed by atoms with E-state index in [0.29, 0.717) is 18.7 Å². The van der Waals surface area contributed by atoms with E-state index in [1.807, 2.05) is 26.0 Å². The second-order valence-corrected chi connectivity index (χ2v) is 5.97. The van der Waals surface area contributed by atoms with Gasteiger partial charge >= 0.3 is 6.18 Å². The Labute approximate surface area is 138 Å². The van der Waals surface area contributed by atoms with Crippen molar-refractivity contribution in [2.24, 2.45) is 4.99 Å². The lowest BCUT2D eigenvalue weighted by molar-refractivity contribution is -0.137. The van der Waals surface area contributed by atoms with Gasteiger partial charge in [-0.2, -0.15) is 13.2 Å². The minimum Gasteiger partial charge on any atom is -0.286 e. The predicted molar refractivity (Wildman–Crippen MR) is 89.6 cm³/mol. The van der Waals surface area contributed by atoms with Crippen LogP contribution in [0.3, 0.4) is 0 Å². The van der Waals surface area contributed by atoms with E-state index in [4.69, 9.17) is 0 Å². The van der Waals surface area contributed by atoms with Crippen LogP contribution in [-0.4, -0.2) is 12.4 Å². The molecule has 1 aliphatic heterocycles. The van der Waals surface area contributed by atoms with Crippen LogP contribution in [0.25, 0.3) is 0 Å². The fourth-order valence-electron chi connectivity index (χ4n) is 2.78. The largest absolute Gasteiger partial charge is 0.416 e. The second kappa shape index (κ2) is 6.19. The molecule has 0 saturated carbocycles. The fraction of sp³-hybridized carbons (Fsp3) is 0.278. The quantitative estimate of drug-likeness (QED) is 0.857. The van der Waals surface area contributed by atoms with E-state index < -0.39 is 11.7 Å². The van der Waals surface area contributed by atoms with Gasteiger partial charge in [-0.05, 0) is 55.3 Å². The monoisotopic (exact) mass is 333 g/mol. The minimum atomic E-state index is -4.34. The number of nitrogens with one attached hydrogen (secondary N) is 1. The van der Waals surface area contributed by atoms with Gasteiger partial charge in [0, 0.05) is 13.0 Å². The van der Waals surface area contributed by atoms with Crippen molar-refractivity contribution in [3.8, 4) is 0 Å². The van der Waals surface area contributed by atoms with Gasteiger partial charge in [0.15, 0.2) is 0 Å². The van der Waals surface area contributed by atoms with Crippen molar-refractivity contribution in [1.29, 1.82) is 0 Å². The molecule has 3 nitrogen and oxygen atoms in total. The number of halogens is 3. The number of amidine groups is 1. The molecule has 0 spiro atoms. The zero-order valence-electron chi connectivity index (χ0n) is 13.5. The lowest BCUT2D eigenvalue weighted by Crippen LogP contribution is -2.33. The number of hydrogen-bond donors (Lipinski definition) is 1. The Balaban J connectivity index is 1.79. The van der Waals surface area contributed by atoms with Crippen LogP contribution in [-0.2, 0) is 6.18 Å². The fourth-order valence-corrected chi connectivity index (χ4v) is 2.78. The summed E-state index contributed by atoms with van der Waals surface area (Å²) in [4.78, 5) is 4.57. The molecule has 3 rings (SSSR count). The third-order valence-corrected chi connectivity index (χ3v) is 3.79. The Morgan fingerprint density at radius 1 is 1.04 bits per heavy atom. The molecule has 6 heteroatoms. The van der Waals surface area contributed by atoms with E-state index in [1.54, 1.807) is 11.1 Å². The molecule has 24 heavy (non-hydrogen) atoms. The molecule has 1 fully saturated rings. The highest BCUT2D eigenvalue weighted by Crippen LogP contribution is 2.32. The minimum absolute atomic E-state index is 0.482. The molecule has 0 bridgehead atoms. The molecule has 2 aromatic rings. The van der Waals surface area contributed by atoms with Gasteiger partial charge in [-0.15, -0.1) is 0 Å². The van der Waals surface area contributed by atoms with Gasteiger partial charge in [-0.25, -0.2) is 4.99 Å². The smallest absolute Gasteiger partial charge is 0.286 e. The molecule has 1 aliphatic rings. The molecular formula is C18H18F3N3. The summed E-state index contributed by atoms with van der Waals surface area (Å²) in [6, 6.07) is 11.3. The number of aryl methyl sites for hydroxylation is 2. The standard InChI is InChI=1S/C18H18F3N3/c1-12-8-13(2)10-15(9-12)22-17-6-7-24(23-17)16-5-3-4-14(11-16)18(19,20)21/h3-5,8-11H,6-7H2,1-2H3,(H,22,23). The Kier molecular flexibility index (Phi) is 4.22. The first-order valence-corrected chi connectivity index (χ1v) is 7.68. The Morgan fingerprint density at radius 3 is 2.42 bits per heavy atom. The zero-order chi connectivity index (χ0) is 17.3. The Bertz CT molecular complexity index is 761. The number of rotatable bonds is 2. The van der Waals surface area contributed by atoms with Crippen molar-refractivity contribution in [1.82, 2.24) is 5.43 Å². The maximum Gasteiger partial charge on any atom is 0.416 e. The highest BCUT2D eigenvalue weighted by atomic mass is 19.4. The molecule has 0 aromatic heterocycles. The van der Waals surface area contributed by atoms with Crippen LogP contribution in [0.1, 0.15) is 23.1 Å². The van der Waals surface area contributed by atoms with Crippen LogP contribution >= 0.6 is 0 Å². The van der Waals surface area contributed by atoms with Crippen LogP contribution < -0.4 is 10.4 Å². The van der Waals surface area contributed by atoms with Gasteiger partial charge in [0.2, 0.25) is 0 Å². The molecular weight excluding hydrogens is 315 g/mol. The summed E-state index contributed by atoms with van der Waals surface area (Å²) < 4.78 is 38.5. The topological polar surface area (TPSA) is 27.6 Å². The first-order valence-electron chi connectivity index (χ1n) is 7.68. The summed E-state index contributed by atoms with van der Waals surface area (Å²) in [6.07, 6.45) is -3.69. The van der Waals surface area contributed by atoms with E-state index in [2.05, 4.69) is 16.5 Å². The number of alkyl halides is 3. The predicted octanol–water partition coefficient (Wildman–Crippen LogP) is 4.77. The summed E-state index contributed by atoms with van der Waals surface area (Å²) in [7, 11) is 0. The van der Waals surface area contributed by atoms with Crippen LogP contribution in [0.2, 0.25) is 0 Å². The Hall–Kier alpha value is -2.50. The van der Waals surface area contributed by atoms with Gasteiger partial charge in [-0.3, -0.25) is 10.4 Å². The number of hydrazine groups is 1. The third kappa shape index (κ3) is 3.69. The second-order valence-electron chi connectivity index (χ2n) is 5.97. The first-order chi connectivity index (χ1) is 11.3. The molecule has 0 aliphatic carbocycles. The summed E-state index contributed by atoms with van der Waals surface area (Å²) >= 11 is 0. The van der Waals surface area contributed by atoms with Gasteiger partial charge in [0.25, 0.3) is 0 Å². The maximum atomic E-state index is 12.8. The van der Waals surface area contributed by atoms with E-state index in [1.165, 1.54) is 6.07 Å². The molecule has 0 unspecified atom stereocenters. The van der Waals surface area contributed by atoms with Crippen molar-refractivity contribution in [3.63, 3.8) is 0 Å². The van der Waals surface area contributed by atoms with Gasteiger partial charge in [0.05, 0.1) is 16.9 Å². The highest BCUT2D eigenvalue weighted by Gasteiger charge is 2.31.